The van der Waals surface area contributed by atoms with Crippen LogP contribution in [0.1, 0.15) is 15.9 Å². The van der Waals surface area contributed by atoms with E-state index in [9.17, 15) is 4.79 Å². The number of rotatable bonds is 5. The first-order valence-corrected chi connectivity index (χ1v) is 5.97. The number of ether oxygens (including phenoxy) is 2. The number of methoxy groups -OCH3 is 1. The van der Waals surface area contributed by atoms with Crippen LogP contribution >= 0.6 is 11.6 Å². The van der Waals surface area contributed by atoms with Gasteiger partial charge in [0, 0.05) is 18.0 Å². The smallest absolute Gasteiger partial charge is 0.172 e. The first kappa shape index (κ1) is 13.4. The summed E-state index contributed by atoms with van der Waals surface area (Å²) in [5.74, 6) is 0.919. The van der Waals surface area contributed by atoms with Gasteiger partial charge in [-0.3, -0.25) is 9.78 Å². The quantitative estimate of drug-likeness (QED) is 0.788. The van der Waals surface area contributed by atoms with Crippen molar-refractivity contribution in [1.29, 1.82) is 0 Å². The van der Waals surface area contributed by atoms with Crippen molar-refractivity contribution in [3.05, 3.63) is 52.8 Å². The first-order chi connectivity index (χ1) is 9.26. The van der Waals surface area contributed by atoms with E-state index in [1.807, 2.05) is 0 Å². The van der Waals surface area contributed by atoms with Gasteiger partial charge in [0.2, 0.25) is 0 Å². The van der Waals surface area contributed by atoms with Crippen molar-refractivity contribution in [3.8, 4) is 11.5 Å². The van der Waals surface area contributed by atoms with E-state index in [4.69, 9.17) is 21.1 Å². The Bertz CT molecular complexity index is 587. The second-order valence-electron chi connectivity index (χ2n) is 3.75. The van der Waals surface area contributed by atoms with Crippen LogP contribution in [0.15, 0.2) is 36.7 Å². The van der Waals surface area contributed by atoms with E-state index in [0.717, 1.165) is 11.8 Å². The van der Waals surface area contributed by atoms with Crippen molar-refractivity contribution in [2.75, 3.05) is 7.11 Å². The van der Waals surface area contributed by atoms with E-state index in [2.05, 4.69) is 4.98 Å². The Labute approximate surface area is 115 Å². The van der Waals surface area contributed by atoms with Crippen LogP contribution in [-0.2, 0) is 6.61 Å². The molecule has 2 rings (SSSR count). The van der Waals surface area contributed by atoms with E-state index in [-0.39, 0.29) is 6.61 Å². The molecule has 0 spiro atoms. The summed E-state index contributed by atoms with van der Waals surface area (Å²) in [5, 5.41) is 0.519. The molecule has 0 bridgehead atoms. The largest absolute Gasteiger partial charge is 0.493 e. The van der Waals surface area contributed by atoms with Gasteiger partial charge in [-0.1, -0.05) is 17.7 Å². The van der Waals surface area contributed by atoms with Crippen molar-refractivity contribution in [2.45, 2.75) is 6.61 Å². The summed E-state index contributed by atoms with van der Waals surface area (Å²) >= 11 is 5.99. The molecule has 0 N–H and O–H groups in total. The second-order valence-corrected chi connectivity index (χ2v) is 4.16. The summed E-state index contributed by atoms with van der Waals surface area (Å²) in [5.41, 5.74) is 1.23. The molecule has 0 atom stereocenters. The zero-order valence-corrected chi connectivity index (χ0v) is 11.1. The number of carbonyl (C=O) groups excluding carboxylic acids is 1. The van der Waals surface area contributed by atoms with E-state index in [1.54, 1.807) is 36.7 Å². The summed E-state index contributed by atoms with van der Waals surface area (Å²) in [6.45, 7) is 0.239. The molecule has 0 aliphatic carbocycles. The van der Waals surface area contributed by atoms with Crippen LogP contribution in [-0.4, -0.2) is 18.4 Å². The zero-order chi connectivity index (χ0) is 13.7. The van der Waals surface area contributed by atoms with Gasteiger partial charge in [0.25, 0.3) is 0 Å². The number of hydrogen-bond acceptors (Lipinski definition) is 4. The van der Waals surface area contributed by atoms with Crippen LogP contribution in [0.3, 0.4) is 0 Å². The van der Waals surface area contributed by atoms with Crippen molar-refractivity contribution in [3.63, 3.8) is 0 Å². The van der Waals surface area contributed by atoms with E-state index in [1.165, 1.54) is 7.11 Å². The number of nitrogens with zero attached hydrogens (tertiary/aromatic N) is 1. The lowest BCUT2D eigenvalue weighted by Crippen LogP contribution is -2.01. The molecule has 0 unspecified atom stereocenters. The molecule has 0 saturated heterocycles. The SMILES string of the molecule is COc1cccc(C=O)c1OCc1ccncc1Cl. The van der Waals surface area contributed by atoms with Crippen molar-refractivity contribution < 1.29 is 14.3 Å². The molecule has 1 aromatic carbocycles. The molecule has 0 fully saturated rings. The van der Waals surface area contributed by atoms with Gasteiger partial charge >= 0.3 is 0 Å². The predicted molar refractivity (Wildman–Crippen MR) is 72.0 cm³/mol. The number of aromatic nitrogens is 1. The Kier molecular flexibility index (Phi) is 4.36. The summed E-state index contributed by atoms with van der Waals surface area (Å²) in [4.78, 5) is 14.9. The Balaban J connectivity index is 2.24. The van der Waals surface area contributed by atoms with Gasteiger partial charge in [-0.25, -0.2) is 0 Å². The van der Waals surface area contributed by atoms with Crippen LogP contribution in [0.25, 0.3) is 0 Å². The number of para-hydroxylation sites is 1. The first-order valence-electron chi connectivity index (χ1n) is 5.59. The summed E-state index contributed by atoms with van der Waals surface area (Å²) in [6, 6.07) is 6.89. The molecule has 98 valence electrons. The molecular formula is C14H12ClNO3. The van der Waals surface area contributed by atoms with Gasteiger partial charge in [0.15, 0.2) is 17.8 Å². The van der Waals surface area contributed by atoms with Gasteiger partial charge < -0.3 is 9.47 Å². The van der Waals surface area contributed by atoms with E-state index >= 15 is 0 Å². The van der Waals surface area contributed by atoms with Gasteiger partial charge in [0.1, 0.15) is 6.61 Å². The third-order valence-corrected chi connectivity index (χ3v) is 2.93. The maximum atomic E-state index is 11.0. The Morgan fingerprint density at radius 1 is 1.37 bits per heavy atom. The number of pyridine rings is 1. The maximum Gasteiger partial charge on any atom is 0.172 e. The molecule has 19 heavy (non-hydrogen) atoms. The number of hydrogen-bond donors (Lipinski definition) is 0. The van der Waals surface area contributed by atoms with Crippen molar-refractivity contribution >= 4 is 17.9 Å². The third-order valence-electron chi connectivity index (χ3n) is 2.58. The highest BCUT2D eigenvalue weighted by Crippen LogP contribution is 2.31. The molecule has 1 heterocycles. The number of aldehydes is 1. The monoisotopic (exact) mass is 277 g/mol. The highest BCUT2D eigenvalue weighted by Gasteiger charge is 2.11. The minimum Gasteiger partial charge on any atom is -0.493 e. The Morgan fingerprint density at radius 2 is 2.21 bits per heavy atom. The minimum absolute atomic E-state index is 0.239. The fourth-order valence-electron chi connectivity index (χ4n) is 1.61. The Hall–Kier alpha value is -2.07. The maximum absolute atomic E-state index is 11.0. The average Bonchev–Trinajstić information content (AvgIpc) is 2.46. The molecule has 0 amide bonds. The van der Waals surface area contributed by atoms with Gasteiger partial charge in [0.05, 0.1) is 17.7 Å². The zero-order valence-electron chi connectivity index (χ0n) is 10.3. The summed E-state index contributed by atoms with van der Waals surface area (Å²) in [6.07, 6.45) is 3.91. The fourth-order valence-corrected chi connectivity index (χ4v) is 1.79. The highest BCUT2D eigenvalue weighted by atomic mass is 35.5. The van der Waals surface area contributed by atoms with Gasteiger partial charge in [-0.2, -0.15) is 0 Å². The molecule has 0 aliphatic heterocycles. The molecule has 1 aromatic heterocycles. The normalized spacial score (nSPS) is 10.0. The summed E-state index contributed by atoms with van der Waals surface area (Å²) < 4.78 is 10.8. The molecule has 0 radical (unpaired) electrons. The lowest BCUT2D eigenvalue weighted by molar-refractivity contribution is 0.111. The average molecular weight is 278 g/mol. The lowest BCUT2D eigenvalue weighted by Gasteiger charge is -2.12. The molecular weight excluding hydrogens is 266 g/mol. The number of halogens is 1. The van der Waals surface area contributed by atoms with Crippen LogP contribution in [0.4, 0.5) is 0 Å². The predicted octanol–water partition coefficient (Wildman–Crippen LogP) is 3.14. The lowest BCUT2D eigenvalue weighted by atomic mass is 10.2. The van der Waals surface area contributed by atoms with E-state index in [0.29, 0.717) is 22.1 Å². The number of benzene rings is 1. The number of carbonyl (C=O) groups is 1. The Morgan fingerprint density at radius 3 is 2.89 bits per heavy atom. The third kappa shape index (κ3) is 3.03. The minimum atomic E-state index is 0.239. The molecule has 0 saturated carbocycles. The van der Waals surface area contributed by atoms with Crippen LogP contribution in [0.5, 0.6) is 11.5 Å². The second kappa shape index (κ2) is 6.20. The standard InChI is InChI=1S/C14H12ClNO3/c1-18-13-4-2-3-10(8-17)14(13)19-9-11-5-6-16-7-12(11)15/h2-8H,9H2,1H3. The summed E-state index contributed by atoms with van der Waals surface area (Å²) in [7, 11) is 1.52. The highest BCUT2D eigenvalue weighted by molar-refractivity contribution is 6.31. The molecule has 4 nitrogen and oxygen atoms in total. The van der Waals surface area contributed by atoms with Crippen LogP contribution in [0, 0.1) is 0 Å². The van der Waals surface area contributed by atoms with Gasteiger partial charge in [-0.15, -0.1) is 0 Å². The molecule has 5 heteroatoms. The van der Waals surface area contributed by atoms with Crippen LogP contribution < -0.4 is 9.47 Å². The van der Waals surface area contributed by atoms with Crippen molar-refractivity contribution in [2.24, 2.45) is 0 Å². The van der Waals surface area contributed by atoms with Gasteiger partial charge in [-0.05, 0) is 18.2 Å². The molecule has 2 aromatic rings. The van der Waals surface area contributed by atoms with E-state index < -0.39 is 0 Å². The molecule has 0 aliphatic rings. The van der Waals surface area contributed by atoms with Crippen molar-refractivity contribution in [1.82, 2.24) is 4.98 Å². The topological polar surface area (TPSA) is 48.4 Å². The van der Waals surface area contributed by atoms with Crippen LogP contribution in [0.2, 0.25) is 5.02 Å². The fraction of sp³-hybridized carbons (Fsp3) is 0.143.